The molecule has 5 heteroatoms. The van der Waals surface area contributed by atoms with Crippen LogP contribution in [0.5, 0.6) is 0 Å². The Morgan fingerprint density at radius 1 is 1.50 bits per heavy atom. The van der Waals surface area contributed by atoms with E-state index in [-0.39, 0.29) is 17.4 Å². The van der Waals surface area contributed by atoms with Gasteiger partial charge in [-0.2, -0.15) is 0 Å². The van der Waals surface area contributed by atoms with E-state index in [9.17, 15) is 4.79 Å². The van der Waals surface area contributed by atoms with Gasteiger partial charge in [0, 0.05) is 17.9 Å². The Labute approximate surface area is 113 Å². The Morgan fingerprint density at radius 2 is 2.11 bits per heavy atom. The SMILES string of the molecule is CCC(N)Cc1nc(C(C)(C)C)c(C(=O)OC)s1. The summed E-state index contributed by atoms with van der Waals surface area (Å²) in [7, 11) is 1.39. The summed E-state index contributed by atoms with van der Waals surface area (Å²) in [5.41, 5.74) is 6.56. The largest absolute Gasteiger partial charge is 0.465 e. The Hall–Kier alpha value is -0.940. The van der Waals surface area contributed by atoms with Gasteiger partial charge in [-0.1, -0.05) is 27.7 Å². The van der Waals surface area contributed by atoms with Gasteiger partial charge in [-0.15, -0.1) is 11.3 Å². The quantitative estimate of drug-likeness (QED) is 0.854. The molecule has 0 saturated carbocycles. The third kappa shape index (κ3) is 3.53. The van der Waals surface area contributed by atoms with E-state index in [0.29, 0.717) is 11.3 Å². The maximum absolute atomic E-state index is 11.8. The number of rotatable bonds is 4. The molecule has 0 fully saturated rings. The molecule has 0 amide bonds. The van der Waals surface area contributed by atoms with E-state index in [1.54, 1.807) is 0 Å². The topological polar surface area (TPSA) is 65.2 Å². The van der Waals surface area contributed by atoms with Gasteiger partial charge in [0.25, 0.3) is 0 Å². The number of ether oxygens (including phenoxy) is 1. The van der Waals surface area contributed by atoms with E-state index >= 15 is 0 Å². The normalized spacial score (nSPS) is 13.4. The summed E-state index contributed by atoms with van der Waals surface area (Å²) in [5.74, 6) is -0.311. The van der Waals surface area contributed by atoms with Crippen molar-refractivity contribution in [3.8, 4) is 0 Å². The first-order valence-corrected chi connectivity index (χ1v) is 6.95. The molecule has 0 radical (unpaired) electrons. The fraction of sp³-hybridized carbons (Fsp3) is 0.692. The molecular weight excluding hydrogens is 248 g/mol. The maximum Gasteiger partial charge on any atom is 0.350 e. The minimum absolute atomic E-state index is 0.0921. The zero-order valence-corrected chi connectivity index (χ0v) is 12.6. The van der Waals surface area contributed by atoms with Crippen LogP contribution in [0.15, 0.2) is 0 Å². The summed E-state index contributed by atoms with van der Waals surface area (Å²) in [6, 6.07) is 0.0921. The second-order valence-corrected chi connectivity index (χ2v) is 6.48. The molecule has 1 heterocycles. The molecular formula is C13H22N2O2S. The smallest absolute Gasteiger partial charge is 0.350 e. The van der Waals surface area contributed by atoms with E-state index in [2.05, 4.69) is 4.98 Å². The van der Waals surface area contributed by atoms with Crippen LogP contribution in [0, 0.1) is 0 Å². The average molecular weight is 270 g/mol. The number of carbonyl (C=O) groups excluding carboxylic acids is 1. The standard InChI is InChI=1S/C13H22N2O2S/c1-6-8(14)7-9-15-11(13(2,3)4)10(18-9)12(16)17-5/h8H,6-7,14H2,1-5H3. The van der Waals surface area contributed by atoms with E-state index in [4.69, 9.17) is 10.5 Å². The number of nitrogens with zero attached hydrogens (tertiary/aromatic N) is 1. The van der Waals surface area contributed by atoms with Crippen LogP contribution >= 0.6 is 11.3 Å². The predicted octanol–water partition coefficient (Wildman–Crippen LogP) is 2.51. The van der Waals surface area contributed by atoms with Crippen molar-refractivity contribution in [2.75, 3.05) is 7.11 Å². The monoisotopic (exact) mass is 270 g/mol. The van der Waals surface area contributed by atoms with Gasteiger partial charge in [0.1, 0.15) is 4.88 Å². The number of hydrogen-bond acceptors (Lipinski definition) is 5. The van der Waals surface area contributed by atoms with Crippen LogP contribution in [-0.2, 0) is 16.6 Å². The number of carbonyl (C=O) groups is 1. The van der Waals surface area contributed by atoms with Crippen molar-refractivity contribution < 1.29 is 9.53 Å². The predicted molar refractivity (Wildman–Crippen MR) is 74.1 cm³/mol. The molecule has 0 spiro atoms. The molecule has 1 rings (SSSR count). The van der Waals surface area contributed by atoms with Gasteiger partial charge in [-0.05, 0) is 6.42 Å². The Balaban J connectivity index is 3.12. The second kappa shape index (κ2) is 5.80. The maximum atomic E-state index is 11.8. The number of thiazole rings is 1. The molecule has 0 aliphatic heterocycles. The fourth-order valence-corrected chi connectivity index (χ4v) is 2.84. The van der Waals surface area contributed by atoms with Gasteiger partial charge in [-0.25, -0.2) is 9.78 Å². The molecule has 0 aromatic carbocycles. The van der Waals surface area contributed by atoms with Gasteiger partial charge in [0.05, 0.1) is 17.8 Å². The number of hydrogen-bond donors (Lipinski definition) is 1. The second-order valence-electron chi connectivity index (χ2n) is 5.40. The lowest BCUT2D eigenvalue weighted by atomic mass is 9.91. The zero-order chi connectivity index (χ0) is 13.9. The summed E-state index contributed by atoms with van der Waals surface area (Å²) in [4.78, 5) is 16.9. The molecule has 0 aliphatic rings. The molecule has 1 atom stereocenters. The van der Waals surface area contributed by atoms with Crippen molar-refractivity contribution in [1.82, 2.24) is 4.98 Å². The van der Waals surface area contributed by atoms with Gasteiger partial charge >= 0.3 is 5.97 Å². The molecule has 18 heavy (non-hydrogen) atoms. The lowest BCUT2D eigenvalue weighted by molar-refractivity contribution is 0.0603. The number of aromatic nitrogens is 1. The van der Waals surface area contributed by atoms with Crippen LogP contribution in [0.3, 0.4) is 0 Å². The van der Waals surface area contributed by atoms with Crippen LogP contribution in [0.2, 0.25) is 0 Å². The first-order chi connectivity index (χ1) is 8.29. The molecule has 2 N–H and O–H groups in total. The molecule has 102 valence electrons. The van der Waals surface area contributed by atoms with Crippen LogP contribution in [0.25, 0.3) is 0 Å². The highest BCUT2D eigenvalue weighted by molar-refractivity contribution is 7.13. The average Bonchev–Trinajstić information content (AvgIpc) is 2.71. The summed E-state index contributed by atoms with van der Waals surface area (Å²) in [6.45, 7) is 8.16. The molecule has 0 bridgehead atoms. The molecule has 1 aromatic heterocycles. The van der Waals surface area contributed by atoms with Gasteiger partial charge in [0.2, 0.25) is 0 Å². The van der Waals surface area contributed by atoms with Crippen LogP contribution in [-0.4, -0.2) is 24.1 Å². The summed E-state index contributed by atoms with van der Waals surface area (Å²) in [5, 5.41) is 0.912. The molecule has 4 nitrogen and oxygen atoms in total. The summed E-state index contributed by atoms with van der Waals surface area (Å²) < 4.78 is 4.82. The highest BCUT2D eigenvalue weighted by atomic mass is 32.1. The molecule has 0 aliphatic carbocycles. The van der Waals surface area contributed by atoms with Crippen molar-refractivity contribution in [2.45, 2.75) is 52.0 Å². The van der Waals surface area contributed by atoms with E-state index in [1.165, 1.54) is 18.4 Å². The minimum atomic E-state index is -0.311. The van der Waals surface area contributed by atoms with Gasteiger partial charge < -0.3 is 10.5 Å². The van der Waals surface area contributed by atoms with Crippen molar-refractivity contribution in [1.29, 1.82) is 0 Å². The van der Waals surface area contributed by atoms with Crippen molar-refractivity contribution in [2.24, 2.45) is 5.73 Å². The van der Waals surface area contributed by atoms with Crippen LogP contribution in [0.4, 0.5) is 0 Å². The Morgan fingerprint density at radius 3 is 2.56 bits per heavy atom. The first-order valence-electron chi connectivity index (χ1n) is 6.13. The molecule has 1 unspecified atom stereocenters. The van der Waals surface area contributed by atoms with Crippen molar-refractivity contribution in [3.05, 3.63) is 15.6 Å². The zero-order valence-electron chi connectivity index (χ0n) is 11.7. The van der Waals surface area contributed by atoms with E-state index in [0.717, 1.165) is 17.1 Å². The van der Waals surface area contributed by atoms with E-state index < -0.39 is 0 Å². The Bertz CT molecular complexity index is 421. The third-order valence-electron chi connectivity index (χ3n) is 2.71. The Kier molecular flexibility index (Phi) is 4.87. The minimum Gasteiger partial charge on any atom is -0.465 e. The van der Waals surface area contributed by atoms with Crippen molar-refractivity contribution in [3.63, 3.8) is 0 Å². The number of nitrogens with two attached hydrogens (primary N) is 1. The lowest BCUT2D eigenvalue weighted by Gasteiger charge is -2.16. The lowest BCUT2D eigenvalue weighted by Crippen LogP contribution is -2.21. The first kappa shape index (κ1) is 15.1. The molecule has 1 aromatic rings. The van der Waals surface area contributed by atoms with Crippen LogP contribution in [0.1, 0.15) is 54.5 Å². The van der Waals surface area contributed by atoms with Gasteiger partial charge in [0.15, 0.2) is 0 Å². The third-order valence-corrected chi connectivity index (χ3v) is 3.77. The highest BCUT2D eigenvalue weighted by Crippen LogP contribution is 2.30. The fourth-order valence-electron chi connectivity index (χ4n) is 1.56. The number of esters is 1. The number of methoxy groups -OCH3 is 1. The highest BCUT2D eigenvalue weighted by Gasteiger charge is 2.27. The van der Waals surface area contributed by atoms with E-state index in [1.807, 2.05) is 27.7 Å². The summed E-state index contributed by atoms with van der Waals surface area (Å²) in [6.07, 6.45) is 1.61. The van der Waals surface area contributed by atoms with Gasteiger partial charge in [-0.3, -0.25) is 0 Å². The molecule has 0 saturated heterocycles. The van der Waals surface area contributed by atoms with Crippen LogP contribution < -0.4 is 5.73 Å². The van der Waals surface area contributed by atoms with Crippen molar-refractivity contribution >= 4 is 17.3 Å². The summed E-state index contributed by atoms with van der Waals surface area (Å²) >= 11 is 1.40.